The summed E-state index contributed by atoms with van der Waals surface area (Å²) in [6.45, 7) is 8.72. The standard InChI is InChI=1S/C18H28N4O2/c1-14-6-5-7-15(2)18(14)19-16(23)12-21(4)17(24)13-22-10-8-20(3)9-11-22/h5-7H,8-13H2,1-4H3,(H,19,23)/p+2. The minimum atomic E-state index is -0.152. The molecule has 2 rings (SSSR count). The Hall–Kier alpha value is -1.92. The molecule has 1 aromatic carbocycles. The zero-order chi connectivity index (χ0) is 17.7. The summed E-state index contributed by atoms with van der Waals surface area (Å²) in [5, 5.41) is 2.93. The third-order valence-corrected chi connectivity index (χ3v) is 4.76. The van der Waals surface area contributed by atoms with E-state index in [9.17, 15) is 9.59 Å². The number of hydrogen-bond acceptors (Lipinski definition) is 2. The number of carbonyl (C=O) groups is 2. The molecular formula is C18H30N4O2+2. The number of benzene rings is 1. The Bertz CT molecular complexity index is 574. The molecule has 1 aliphatic heterocycles. The molecule has 1 heterocycles. The van der Waals surface area contributed by atoms with Gasteiger partial charge in [-0.2, -0.15) is 0 Å². The number of rotatable bonds is 5. The fraction of sp³-hybridized carbons (Fsp3) is 0.556. The zero-order valence-electron chi connectivity index (χ0n) is 15.2. The smallest absolute Gasteiger partial charge is 0.277 e. The topological polar surface area (TPSA) is 58.3 Å². The molecule has 3 N–H and O–H groups in total. The summed E-state index contributed by atoms with van der Waals surface area (Å²) in [7, 11) is 3.88. The van der Waals surface area contributed by atoms with Crippen LogP contribution in [0, 0.1) is 13.8 Å². The van der Waals surface area contributed by atoms with E-state index in [0.29, 0.717) is 6.54 Å². The van der Waals surface area contributed by atoms with Gasteiger partial charge in [-0.25, -0.2) is 0 Å². The van der Waals surface area contributed by atoms with Gasteiger partial charge < -0.3 is 20.0 Å². The van der Waals surface area contributed by atoms with Crippen LogP contribution >= 0.6 is 0 Å². The van der Waals surface area contributed by atoms with E-state index in [1.54, 1.807) is 7.05 Å². The Morgan fingerprint density at radius 2 is 1.71 bits per heavy atom. The van der Waals surface area contributed by atoms with Gasteiger partial charge in [0.15, 0.2) is 6.54 Å². The second-order valence-corrected chi connectivity index (χ2v) is 6.95. The number of amides is 2. The third kappa shape index (κ3) is 5.04. The first-order valence-corrected chi connectivity index (χ1v) is 8.61. The molecule has 0 aromatic heterocycles. The minimum absolute atomic E-state index is 0.0289. The normalized spacial score (nSPS) is 20.5. The molecule has 0 radical (unpaired) electrons. The van der Waals surface area contributed by atoms with E-state index in [1.807, 2.05) is 32.0 Å². The summed E-state index contributed by atoms with van der Waals surface area (Å²) in [4.78, 5) is 28.9. The van der Waals surface area contributed by atoms with Crippen LogP contribution in [0.2, 0.25) is 0 Å². The van der Waals surface area contributed by atoms with Crippen LogP contribution in [0.15, 0.2) is 18.2 Å². The largest absolute Gasteiger partial charge is 0.332 e. The van der Waals surface area contributed by atoms with Crippen molar-refractivity contribution >= 4 is 17.5 Å². The van der Waals surface area contributed by atoms with E-state index in [2.05, 4.69) is 12.4 Å². The number of aryl methyl sites for hydroxylation is 2. The molecule has 1 fully saturated rings. The van der Waals surface area contributed by atoms with Gasteiger partial charge in [-0.1, -0.05) is 18.2 Å². The number of carbonyl (C=O) groups excluding carboxylic acids is 2. The summed E-state index contributed by atoms with van der Waals surface area (Å²) in [6.07, 6.45) is 0. The Morgan fingerprint density at radius 1 is 1.12 bits per heavy atom. The highest BCUT2D eigenvalue weighted by Crippen LogP contribution is 2.19. The van der Waals surface area contributed by atoms with E-state index in [4.69, 9.17) is 0 Å². The lowest BCUT2D eigenvalue weighted by atomic mass is 10.1. The minimum Gasteiger partial charge on any atom is -0.332 e. The number of likely N-dealkylation sites (N-methyl/N-ethyl adjacent to an activating group) is 2. The molecular weight excluding hydrogens is 304 g/mol. The van der Waals surface area contributed by atoms with Crippen molar-refractivity contribution in [2.45, 2.75) is 13.8 Å². The van der Waals surface area contributed by atoms with Gasteiger partial charge in [0.2, 0.25) is 5.91 Å². The van der Waals surface area contributed by atoms with Gasteiger partial charge in [0, 0.05) is 12.7 Å². The number of para-hydroxylation sites is 1. The zero-order valence-corrected chi connectivity index (χ0v) is 15.2. The number of piperazine rings is 1. The van der Waals surface area contributed by atoms with Gasteiger partial charge in [-0.15, -0.1) is 0 Å². The Labute approximate surface area is 144 Å². The van der Waals surface area contributed by atoms with Crippen molar-refractivity contribution in [1.82, 2.24) is 4.90 Å². The van der Waals surface area contributed by atoms with Crippen LogP contribution in [0.3, 0.4) is 0 Å². The highest BCUT2D eigenvalue weighted by molar-refractivity contribution is 5.95. The molecule has 0 bridgehead atoms. The number of hydrogen-bond donors (Lipinski definition) is 3. The fourth-order valence-corrected chi connectivity index (χ4v) is 3.05. The predicted octanol–water partition coefficient (Wildman–Crippen LogP) is -1.89. The van der Waals surface area contributed by atoms with Crippen molar-refractivity contribution in [3.63, 3.8) is 0 Å². The summed E-state index contributed by atoms with van der Waals surface area (Å²) >= 11 is 0. The lowest BCUT2D eigenvalue weighted by Crippen LogP contribution is -3.27. The van der Waals surface area contributed by atoms with Gasteiger partial charge >= 0.3 is 0 Å². The highest BCUT2D eigenvalue weighted by Gasteiger charge is 2.24. The van der Waals surface area contributed by atoms with Crippen LogP contribution in [-0.2, 0) is 9.59 Å². The van der Waals surface area contributed by atoms with Crippen molar-refractivity contribution < 1.29 is 19.4 Å². The van der Waals surface area contributed by atoms with Crippen molar-refractivity contribution in [2.75, 3.05) is 58.7 Å². The quantitative estimate of drug-likeness (QED) is 0.590. The van der Waals surface area contributed by atoms with Crippen molar-refractivity contribution in [3.8, 4) is 0 Å². The average Bonchev–Trinajstić information content (AvgIpc) is 2.53. The molecule has 24 heavy (non-hydrogen) atoms. The summed E-state index contributed by atoms with van der Waals surface area (Å²) in [6, 6.07) is 5.91. The first kappa shape index (κ1) is 18.4. The Morgan fingerprint density at radius 3 is 2.29 bits per heavy atom. The molecule has 1 aliphatic rings. The van der Waals surface area contributed by atoms with E-state index >= 15 is 0 Å². The first-order chi connectivity index (χ1) is 11.4. The maximum atomic E-state index is 12.3. The second kappa shape index (κ2) is 8.26. The molecule has 0 unspecified atom stereocenters. The van der Waals surface area contributed by atoms with Gasteiger partial charge in [-0.3, -0.25) is 9.59 Å². The van der Waals surface area contributed by atoms with Crippen LogP contribution in [0.1, 0.15) is 11.1 Å². The van der Waals surface area contributed by atoms with E-state index < -0.39 is 0 Å². The van der Waals surface area contributed by atoms with Gasteiger partial charge in [0.25, 0.3) is 5.91 Å². The van der Waals surface area contributed by atoms with Crippen LogP contribution in [0.25, 0.3) is 0 Å². The van der Waals surface area contributed by atoms with Gasteiger partial charge in [0.1, 0.15) is 26.2 Å². The van der Waals surface area contributed by atoms with Crippen molar-refractivity contribution in [1.29, 1.82) is 0 Å². The van der Waals surface area contributed by atoms with Crippen molar-refractivity contribution in [3.05, 3.63) is 29.3 Å². The lowest BCUT2D eigenvalue weighted by molar-refractivity contribution is -1.000. The molecule has 0 spiro atoms. The molecule has 1 saturated heterocycles. The Balaban J connectivity index is 1.83. The van der Waals surface area contributed by atoms with Gasteiger partial charge in [-0.05, 0) is 25.0 Å². The number of nitrogens with one attached hydrogen (secondary N) is 3. The Kier molecular flexibility index (Phi) is 6.34. The van der Waals surface area contributed by atoms with Crippen LogP contribution in [0.5, 0.6) is 0 Å². The number of nitrogens with zero attached hydrogens (tertiary/aromatic N) is 1. The van der Waals surface area contributed by atoms with E-state index in [-0.39, 0.29) is 18.4 Å². The molecule has 1 aromatic rings. The first-order valence-electron chi connectivity index (χ1n) is 8.61. The SMILES string of the molecule is Cc1cccc(C)c1NC(=O)CN(C)C(=O)C[NH+]1CC[NH+](C)CC1. The monoisotopic (exact) mass is 334 g/mol. The summed E-state index contributed by atoms with van der Waals surface area (Å²) in [5.74, 6) is -0.123. The van der Waals surface area contributed by atoms with E-state index in [0.717, 1.165) is 43.0 Å². The number of anilines is 1. The van der Waals surface area contributed by atoms with Crippen LogP contribution in [0.4, 0.5) is 5.69 Å². The summed E-state index contributed by atoms with van der Waals surface area (Å²) < 4.78 is 0. The van der Waals surface area contributed by atoms with Gasteiger partial charge in [0.05, 0.1) is 13.6 Å². The van der Waals surface area contributed by atoms with Crippen molar-refractivity contribution in [2.24, 2.45) is 0 Å². The maximum absolute atomic E-state index is 12.3. The molecule has 0 atom stereocenters. The molecule has 6 nitrogen and oxygen atoms in total. The third-order valence-electron chi connectivity index (χ3n) is 4.76. The molecule has 132 valence electrons. The molecule has 2 amide bonds. The lowest BCUT2D eigenvalue weighted by Gasteiger charge is -2.28. The molecule has 6 heteroatoms. The maximum Gasteiger partial charge on any atom is 0.277 e. The predicted molar refractivity (Wildman–Crippen MR) is 94.4 cm³/mol. The highest BCUT2D eigenvalue weighted by atomic mass is 16.2. The number of quaternary nitrogens is 2. The average molecular weight is 334 g/mol. The molecule has 0 saturated carbocycles. The van der Waals surface area contributed by atoms with E-state index in [1.165, 1.54) is 14.7 Å². The fourth-order valence-electron chi connectivity index (χ4n) is 3.05. The summed E-state index contributed by atoms with van der Waals surface area (Å²) in [5.41, 5.74) is 2.90. The van der Waals surface area contributed by atoms with Crippen LogP contribution < -0.4 is 15.1 Å². The molecule has 0 aliphatic carbocycles. The second-order valence-electron chi connectivity index (χ2n) is 6.95. The van der Waals surface area contributed by atoms with Crippen LogP contribution in [-0.4, -0.2) is 70.1 Å².